The molecule has 2 aromatic carbocycles. The first-order valence-corrected chi connectivity index (χ1v) is 8.01. The molecule has 0 heterocycles. The maximum Gasteiger partial charge on any atom is 0.136 e. The topological polar surface area (TPSA) is 17.1 Å². The molecule has 0 bridgehead atoms. The van der Waals surface area contributed by atoms with Crippen molar-refractivity contribution in [1.82, 2.24) is 0 Å². The second-order valence-corrected chi connectivity index (χ2v) is 6.21. The predicted molar refractivity (Wildman–Crippen MR) is 90.8 cm³/mol. The normalized spacial score (nSPS) is 20.5. The van der Waals surface area contributed by atoms with E-state index < -0.39 is 0 Å². The molecule has 1 saturated carbocycles. The second-order valence-electron chi connectivity index (χ2n) is 6.21. The van der Waals surface area contributed by atoms with E-state index in [1.807, 2.05) is 6.08 Å². The highest BCUT2D eigenvalue weighted by Crippen LogP contribution is 2.46. The van der Waals surface area contributed by atoms with Gasteiger partial charge in [-0.3, -0.25) is 4.79 Å². The van der Waals surface area contributed by atoms with E-state index in [0.29, 0.717) is 12.2 Å². The number of rotatable bonds is 4. The minimum atomic E-state index is -0.0515. The predicted octanol–water partition coefficient (Wildman–Crippen LogP) is 4.92. The van der Waals surface area contributed by atoms with E-state index in [1.54, 1.807) is 0 Å². The molecule has 1 atom stereocenters. The Kier molecular flexibility index (Phi) is 4.24. The monoisotopic (exact) mass is 290 g/mol. The Labute approximate surface area is 132 Å². The van der Waals surface area contributed by atoms with E-state index in [1.165, 1.54) is 11.1 Å². The highest BCUT2D eigenvalue weighted by Gasteiger charge is 2.42. The molecule has 0 radical (unpaired) electrons. The summed E-state index contributed by atoms with van der Waals surface area (Å²) < 4.78 is 0. The van der Waals surface area contributed by atoms with E-state index in [4.69, 9.17) is 0 Å². The number of carbonyl (C=O) groups excluding carboxylic acids is 1. The summed E-state index contributed by atoms with van der Waals surface area (Å²) in [6.07, 6.45) is 5.09. The summed E-state index contributed by atoms with van der Waals surface area (Å²) >= 11 is 0. The number of allylic oxidation sites excluding steroid dienone is 1. The molecule has 22 heavy (non-hydrogen) atoms. The third-order valence-corrected chi connectivity index (χ3v) is 4.95. The number of carbonyl (C=O) groups is 1. The number of ketones is 1. The molecular formula is C21H22O. The van der Waals surface area contributed by atoms with Gasteiger partial charge in [-0.2, -0.15) is 0 Å². The molecule has 0 aromatic heterocycles. The van der Waals surface area contributed by atoms with Crippen LogP contribution in [0.1, 0.15) is 36.8 Å². The summed E-state index contributed by atoms with van der Waals surface area (Å²) in [5.74, 6) is 0.481. The maximum atomic E-state index is 12.3. The van der Waals surface area contributed by atoms with Gasteiger partial charge in [0.2, 0.25) is 0 Å². The second kappa shape index (κ2) is 6.31. The van der Waals surface area contributed by atoms with Crippen molar-refractivity contribution in [1.29, 1.82) is 0 Å². The first-order chi connectivity index (χ1) is 10.8. The number of hydrogen-bond acceptors (Lipinski definition) is 1. The third-order valence-electron chi connectivity index (χ3n) is 4.95. The largest absolute Gasteiger partial charge is 0.299 e. The minimum Gasteiger partial charge on any atom is -0.299 e. The number of Topliss-reactive ketones (excluding diaryl/α,β-unsaturated/α-hetero) is 1. The zero-order chi connectivity index (χ0) is 15.4. The van der Waals surface area contributed by atoms with Crippen LogP contribution in [-0.4, -0.2) is 5.78 Å². The molecule has 0 N–H and O–H groups in total. The summed E-state index contributed by atoms with van der Waals surface area (Å²) in [6, 6.07) is 21.3. The fourth-order valence-electron chi connectivity index (χ4n) is 3.80. The summed E-state index contributed by atoms with van der Waals surface area (Å²) in [4.78, 5) is 12.3. The van der Waals surface area contributed by atoms with E-state index in [0.717, 1.165) is 19.3 Å². The fourth-order valence-corrected chi connectivity index (χ4v) is 3.80. The smallest absolute Gasteiger partial charge is 0.136 e. The Hall–Kier alpha value is -2.15. The Balaban J connectivity index is 2.08. The summed E-state index contributed by atoms with van der Waals surface area (Å²) in [5.41, 5.74) is 2.59. The third kappa shape index (κ3) is 2.64. The van der Waals surface area contributed by atoms with E-state index >= 15 is 0 Å². The molecule has 1 fully saturated rings. The molecule has 0 saturated heterocycles. The Morgan fingerprint density at radius 1 is 1.00 bits per heavy atom. The van der Waals surface area contributed by atoms with E-state index in [-0.39, 0.29) is 11.3 Å². The van der Waals surface area contributed by atoms with Gasteiger partial charge in [-0.15, -0.1) is 6.58 Å². The van der Waals surface area contributed by atoms with Crippen molar-refractivity contribution in [3.05, 3.63) is 84.4 Å². The van der Waals surface area contributed by atoms with Gasteiger partial charge in [-0.05, 0) is 30.4 Å². The van der Waals surface area contributed by atoms with Gasteiger partial charge in [0, 0.05) is 17.8 Å². The van der Waals surface area contributed by atoms with Gasteiger partial charge in [0.1, 0.15) is 5.78 Å². The van der Waals surface area contributed by atoms with Gasteiger partial charge >= 0.3 is 0 Å². The Morgan fingerprint density at radius 2 is 1.55 bits per heavy atom. The number of hydrogen-bond donors (Lipinski definition) is 0. The van der Waals surface area contributed by atoms with Crippen molar-refractivity contribution in [2.24, 2.45) is 5.92 Å². The van der Waals surface area contributed by atoms with Crippen LogP contribution in [0.4, 0.5) is 0 Å². The van der Waals surface area contributed by atoms with Crippen molar-refractivity contribution >= 4 is 5.78 Å². The quantitative estimate of drug-likeness (QED) is 0.731. The van der Waals surface area contributed by atoms with Crippen molar-refractivity contribution in [3.63, 3.8) is 0 Å². The first kappa shape index (κ1) is 14.8. The van der Waals surface area contributed by atoms with Crippen molar-refractivity contribution in [2.75, 3.05) is 0 Å². The van der Waals surface area contributed by atoms with Crippen LogP contribution in [0.15, 0.2) is 73.3 Å². The SMILES string of the molecule is C=CCC1CC(c2ccccc2)(c2ccccc2)CCC1=O. The van der Waals surface area contributed by atoms with Gasteiger partial charge in [-0.25, -0.2) is 0 Å². The van der Waals surface area contributed by atoms with Crippen LogP contribution in [0.25, 0.3) is 0 Å². The Morgan fingerprint density at radius 3 is 2.05 bits per heavy atom. The molecule has 0 amide bonds. The Bertz CT molecular complexity index is 603. The molecule has 1 aliphatic carbocycles. The van der Waals surface area contributed by atoms with Gasteiger partial charge in [-0.1, -0.05) is 66.7 Å². The van der Waals surface area contributed by atoms with Crippen LogP contribution in [0, 0.1) is 5.92 Å². The average molecular weight is 290 g/mol. The summed E-state index contributed by atoms with van der Waals surface area (Å²) in [5, 5.41) is 0. The standard InChI is InChI=1S/C21H22O/c1-2-9-17-16-21(15-14-20(17)22,18-10-5-3-6-11-18)19-12-7-4-8-13-19/h2-8,10-13,17H,1,9,14-16H2. The van der Waals surface area contributed by atoms with E-state index in [2.05, 4.69) is 67.2 Å². The molecule has 1 unspecified atom stereocenters. The molecule has 3 rings (SSSR count). The molecule has 112 valence electrons. The highest BCUT2D eigenvalue weighted by atomic mass is 16.1. The van der Waals surface area contributed by atoms with Crippen molar-refractivity contribution in [2.45, 2.75) is 31.1 Å². The van der Waals surface area contributed by atoms with Crippen LogP contribution in [0.2, 0.25) is 0 Å². The van der Waals surface area contributed by atoms with Crippen molar-refractivity contribution in [3.8, 4) is 0 Å². The van der Waals surface area contributed by atoms with Crippen molar-refractivity contribution < 1.29 is 4.79 Å². The van der Waals surface area contributed by atoms with Crippen LogP contribution < -0.4 is 0 Å². The van der Waals surface area contributed by atoms with Crippen LogP contribution >= 0.6 is 0 Å². The average Bonchev–Trinajstić information content (AvgIpc) is 2.59. The lowest BCUT2D eigenvalue weighted by Crippen LogP contribution is -2.38. The van der Waals surface area contributed by atoms with Gasteiger partial charge < -0.3 is 0 Å². The van der Waals surface area contributed by atoms with E-state index in [9.17, 15) is 4.79 Å². The molecule has 1 aliphatic rings. The molecule has 2 aromatic rings. The van der Waals surface area contributed by atoms with Crippen LogP contribution in [0.5, 0.6) is 0 Å². The molecular weight excluding hydrogens is 268 g/mol. The zero-order valence-corrected chi connectivity index (χ0v) is 12.9. The molecule has 0 spiro atoms. The molecule has 0 aliphatic heterocycles. The fraction of sp³-hybridized carbons (Fsp3) is 0.286. The lowest BCUT2D eigenvalue weighted by molar-refractivity contribution is -0.125. The van der Waals surface area contributed by atoms with Crippen LogP contribution in [-0.2, 0) is 10.2 Å². The summed E-state index contributed by atoms with van der Waals surface area (Å²) in [6.45, 7) is 3.83. The highest BCUT2D eigenvalue weighted by molar-refractivity contribution is 5.83. The van der Waals surface area contributed by atoms with Crippen LogP contribution in [0.3, 0.4) is 0 Å². The minimum absolute atomic E-state index is 0.0515. The van der Waals surface area contributed by atoms with Gasteiger partial charge in [0.25, 0.3) is 0 Å². The molecule has 1 heteroatoms. The summed E-state index contributed by atoms with van der Waals surface area (Å²) in [7, 11) is 0. The lowest BCUT2D eigenvalue weighted by atomic mass is 9.61. The van der Waals surface area contributed by atoms with Gasteiger partial charge in [0.15, 0.2) is 0 Å². The lowest BCUT2D eigenvalue weighted by Gasteiger charge is -2.41. The number of benzene rings is 2. The molecule has 1 nitrogen and oxygen atoms in total. The van der Waals surface area contributed by atoms with Gasteiger partial charge in [0.05, 0.1) is 0 Å². The zero-order valence-electron chi connectivity index (χ0n) is 12.9. The first-order valence-electron chi connectivity index (χ1n) is 8.01. The maximum absolute atomic E-state index is 12.3.